The van der Waals surface area contributed by atoms with Crippen molar-refractivity contribution in [1.29, 1.82) is 0 Å². The Hall–Kier alpha value is -1.37. The number of piperidine rings is 1. The predicted octanol–water partition coefficient (Wildman–Crippen LogP) is 1.86. The molecule has 0 aromatic heterocycles. The van der Waals surface area contributed by atoms with Gasteiger partial charge in [-0.1, -0.05) is 11.6 Å². The van der Waals surface area contributed by atoms with Gasteiger partial charge in [0.05, 0.1) is 17.2 Å². The maximum Gasteiger partial charge on any atom is 0.260 e. The van der Waals surface area contributed by atoms with Crippen LogP contribution in [0.4, 0.5) is 4.39 Å². The lowest BCUT2D eigenvalue weighted by molar-refractivity contribution is -0.139. The molecule has 1 aromatic carbocycles. The highest BCUT2D eigenvalue weighted by Gasteiger charge is 2.33. The number of halogens is 2. The van der Waals surface area contributed by atoms with Crippen LogP contribution < -0.4 is 4.74 Å². The molecule has 0 unspecified atom stereocenters. The Kier molecular flexibility index (Phi) is 5.61. The third-order valence-corrected chi connectivity index (χ3v) is 4.00. The van der Waals surface area contributed by atoms with E-state index in [1.807, 2.05) is 0 Å². The lowest BCUT2D eigenvalue weighted by Crippen LogP contribution is -2.49. The first kappa shape index (κ1) is 17.0. The fourth-order valence-corrected chi connectivity index (χ4v) is 2.63. The molecule has 7 heteroatoms. The van der Waals surface area contributed by atoms with Crippen molar-refractivity contribution in [2.24, 2.45) is 0 Å². The molecule has 1 aliphatic heterocycles. The zero-order valence-corrected chi connectivity index (χ0v) is 13.1. The van der Waals surface area contributed by atoms with Crippen LogP contribution >= 0.6 is 11.6 Å². The molecule has 0 atom stereocenters. The van der Waals surface area contributed by atoms with Gasteiger partial charge in [0.2, 0.25) is 0 Å². The first-order valence-corrected chi connectivity index (χ1v) is 7.38. The number of methoxy groups -OCH3 is 1. The molecule has 2 rings (SSSR count). The largest absolute Gasteiger partial charge is 0.482 e. The van der Waals surface area contributed by atoms with Crippen LogP contribution in [0.1, 0.15) is 12.8 Å². The SMILES string of the molecule is COCC1(O)CCN(C(=O)COc2ccc(F)cc2Cl)CC1. The average Bonchev–Trinajstić information content (AvgIpc) is 2.47. The number of rotatable bonds is 5. The predicted molar refractivity (Wildman–Crippen MR) is 79.5 cm³/mol. The molecule has 1 fully saturated rings. The molecule has 5 nitrogen and oxygen atoms in total. The highest BCUT2D eigenvalue weighted by molar-refractivity contribution is 6.32. The van der Waals surface area contributed by atoms with Crippen LogP contribution in [0.25, 0.3) is 0 Å². The fourth-order valence-electron chi connectivity index (χ4n) is 2.41. The van der Waals surface area contributed by atoms with Gasteiger partial charge in [0.1, 0.15) is 11.6 Å². The first-order valence-electron chi connectivity index (χ1n) is 7.00. The average molecular weight is 332 g/mol. The van der Waals surface area contributed by atoms with Gasteiger partial charge in [-0.3, -0.25) is 4.79 Å². The summed E-state index contributed by atoms with van der Waals surface area (Å²) < 4.78 is 23.2. The number of hydrogen-bond donors (Lipinski definition) is 1. The Bertz CT molecular complexity index is 532. The van der Waals surface area contributed by atoms with Crippen LogP contribution in [0.2, 0.25) is 5.02 Å². The summed E-state index contributed by atoms with van der Waals surface area (Å²) in [6.45, 7) is 0.975. The molecule has 0 aliphatic carbocycles. The molecule has 22 heavy (non-hydrogen) atoms. The monoisotopic (exact) mass is 331 g/mol. The highest BCUT2D eigenvalue weighted by Crippen LogP contribution is 2.25. The van der Waals surface area contributed by atoms with Gasteiger partial charge in [-0.25, -0.2) is 4.39 Å². The molecule has 1 aliphatic rings. The van der Waals surface area contributed by atoms with Crippen molar-refractivity contribution in [3.05, 3.63) is 29.0 Å². The number of aliphatic hydroxyl groups is 1. The van der Waals surface area contributed by atoms with E-state index < -0.39 is 11.4 Å². The van der Waals surface area contributed by atoms with Gasteiger partial charge in [0.25, 0.3) is 5.91 Å². The van der Waals surface area contributed by atoms with E-state index >= 15 is 0 Å². The lowest BCUT2D eigenvalue weighted by Gasteiger charge is -2.37. The van der Waals surface area contributed by atoms with E-state index in [-0.39, 0.29) is 29.9 Å². The Morgan fingerprint density at radius 2 is 2.14 bits per heavy atom. The van der Waals surface area contributed by atoms with Gasteiger partial charge in [-0.2, -0.15) is 0 Å². The molecule has 0 spiro atoms. The summed E-state index contributed by atoms with van der Waals surface area (Å²) in [5.41, 5.74) is -0.868. The first-order chi connectivity index (χ1) is 10.4. The molecule has 1 aromatic rings. The maximum absolute atomic E-state index is 12.9. The van der Waals surface area contributed by atoms with Crippen molar-refractivity contribution >= 4 is 17.5 Å². The number of nitrogens with zero attached hydrogens (tertiary/aromatic N) is 1. The second-order valence-electron chi connectivity index (χ2n) is 5.40. The molecule has 1 saturated heterocycles. The number of likely N-dealkylation sites (tertiary alicyclic amines) is 1. The van der Waals surface area contributed by atoms with E-state index in [4.69, 9.17) is 21.1 Å². The summed E-state index contributed by atoms with van der Waals surface area (Å²) >= 11 is 5.83. The highest BCUT2D eigenvalue weighted by atomic mass is 35.5. The van der Waals surface area contributed by atoms with E-state index in [0.717, 1.165) is 6.07 Å². The quantitative estimate of drug-likeness (QED) is 0.894. The van der Waals surface area contributed by atoms with Gasteiger partial charge < -0.3 is 19.5 Å². The van der Waals surface area contributed by atoms with Crippen LogP contribution in [0.3, 0.4) is 0 Å². The molecular weight excluding hydrogens is 313 g/mol. The summed E-state index contributed by atoms with van der Waals surface area (Å²) in [5.74, 6) is -0.388. The van der Waals surface area contributed by atoms with Crippen molar-refractivity contribution in [3.8, 4) is 5.75 Å². The molecule has 0 bridgehead atoms. The van der Waals surface area contributed by atoms with E-state index in [0.29, 0.717) is 25.9 Å². The van der Waals surface area contributed by atoms with Crippen LogP contribution in [-0.4, -0.2) is 54.9 Å². The van der Waals surface area contributed by atoms with Crippen LogP contribution in [0.5, 0.6) is 5.75 Å². The van der Waals surface area contributed by atoms with Crippen molar-refractivity contribution in [3.63, 3.8) is 0 Å². The van der Waals surface area contributed by atoms with Gasteiger partial charge >= 0.3 is 0 Å². The van der Waals surface area contributed by atoms with Gasteiger partial charge in [-0.05, 0) is 31.0 Å². The maximum atomic E-state index is 12.9. The fraction of sp³-hybridized carbons (Fsp3) is 0.533. The molecule has 1 heterocycles. The number of ether oxygens (including phenoxy) is 2. The third-order valence-electron chi connectivity index (χ3n) is 3.70. The Morgan fingerprint density at radius 3 is 2.73 bits per heavy atom. The summed E-state index contributed by atoms with van der Waals surface area (Å²) in [6.07, 6.45) is 0.924. The number of carbonyl (C=O) groups is 1. The normalized spacial score (nSPS) is 17.4. The van der Waals surface area contributed by atoms with Gasteiger partial charge in [0, 0.05) is 20.2 Å². The summed E-state index contributed by atoms with van der Waals surface area (Å²) in [5, 5.41) is 10.3. The second-order valence-corrected chi connectivity index (χ2v) is 5.81. The molecule has 1 N–H and O–H groups in total. The van der Waals surface area contributed by atoms with Gasteiger partial charge in [0.15, 0.2) is 6.61 Å². The molecule has 0 saturated carbocycles. The van der Waals surface area contributed by atoms with E-state index in [9.17, 15) is 14.3 Å². The number of benzene rings is 1. The number of amides is 1. The van der Waals surface area contributed by atoms with Crippen LogP contribution in [0, 0.1) is 5.82 Å². The Labute approximate surface area is 133 Å². The minimum absolute atomic E-state index is 0.126. The third kappa shape index (κ3) is 4.32. The van der Waals surface area contributed by atoms with Crippen LogP contribution in [0.15, 0.2) is 18.2 Å². The summed E-state index contributed by atoms with van der Waals surface area (Å²) in [4.78, 5) is 13.7. The van der Waals surface area contributed by atoms with E-state index in [1.54, 1.807) is 4.90 Å². The molecule has 122 valence electrons. The minimum atomic E-state index is -0.868. The standard InChI is InChI=1S/C15H19ClFNO4/c1-21-10-15(20)4-6-18(7-5-15)14(19)9-22-13-3-2-11(17)8-12(13)16/h2-3,8,20H,4-7,9-10H2,1H3. The van der Waals surface area contributed by atoms with Crippen molar-refractivity contribution in [2.75, 3.05) is 33.4 Å². The van der Waals surface area contributed by atoms with Gasteiger partial charge in [-0.15, -0.1) is 0 Å². The van der Waals surface area contributed by atoms with Crippen molar-refractivity contribution in [1.82, 2.24) is 4.90 Å². The Balaban J connectivity index is 1.83. The van der Waals surface area contributed by atoms with E-state index in [1.165, 1.54) is 19.2 Å². The lowest BCUT2D eigenvalue weighted by atomic mass is 9.92. The van der Waals surface area contributed by atoms with E-state index in [2.05, 4.69) is 0 Å². The smallest absolute Gasteiger partial charge is 0.260 e. The molecular formula is C15H19ClFNO4. The topological polar surface area (TPSA) is 59.0 Å². The second kappa shape index (κ2) is 7.26. The van der Waals surface area contributed by atoms with Crippen molar-refractivity contribution < 1.29 is 23.8 Å². The minimum Gasteiger partial charge on any atom is -0.482 e. The summed E-state index contributed by atoms with van der Waals surface area (Å²) in [7, 11) is 1.54. The summed E-state index contributed by atoms with van der Waals surface area (Å²) in [6, 6.07) is 3.74. The van der Waals surface area contributed by atoms with Crippen LogP contribution in [-0.2, 0) is 9.53 Å². The molecule has 1 amide bonds. The molecule has 0 radical (unpaired) electrons. The van der Waals surface area contributed by atoms with Crippen molar-refractivity contribution in [2.45, 2.75) is 18.4 Å². The number of carbonyl (C=O) groups excluding carboxylic acids is 1. The number of hydrogen-bond acceptors (Lipinski definition) is 4. The Morgan fingerprint density at radius 1 is 1.45 bits per heavy atom. The zero-order chi connectivity index (χ0) is 16.2. The zero-order valence-electron chi connectivity index (χ0n) is 12.3.